The Hall–Kier alpha value is -2.77. The first-order chi connectivity index (χ1) is 29.7. The summed E-state index contributed by atoms with van der Waals surface area (Å²) in [5.74, 6) is 1.19. The zero-order valence-corrected chi connectivity index (χ0v) is 46.9. The highest BCUT2D eigenvalue weighted by atomic mass is 32.2. The lowest BCUT2D eigenvalue weighted by molar-refractivity contribution is 0.440. The van der Waals surface area contributed by atoms with Gasteiger partial charge in [0.1, 0.15) is 0 Å². The average molecular weight is 896 g/mol. The minimum atomic E-state index is -0.0783. The molecule has 0 atom stereocenters. The molecule has 4 aromatic carbocycles. The molecule has 2 aliphatic rings. The zero-order valence-electron chi connectivity index (χ0n) is 46.1. The summed E-state index contributed by atoms with van der Waals surface area (Å²) >= 11 is 2.19. The van der Waals surface area contributed by atoms with Crippen LogP contribution in [0.1, 0.15) is 267 Å². The highest BCUT2D eigenvalue weighted by Gasteiger charge is 2.38. The van der Waals surface area contributed by atoms with Gasteiger partial charge in [0.2, 0.25) is 0 Å². The van der Waals surface area contributed by atoms with E-state index in [0.717, 1.165) is 0 Å². The summed E-state index contributed by atoms with van der Waals surface area (Å²) < 4.78 is 0. The SMILES string of the molecule is Cc1cc(C(C)(C)C)c(-c2c(C(C)(C)C)cc(C3CCCCC3)c(C)c2Sc2c(C)c(C3CCCCC3)cc(C(C)(C)C)c2-c2c(C(C)(C)C)cc(C)cc2C(C)(C)C)c(C(C)(C)C)c1. The minimum Gasteiger partial charge on any atom is -0.0882 e. The highest BCUT2D eigenvalue weighted by molar-refractivity contribution is 7.99. The summed E-state index contributed by atoms with van der Waals surface area (Å²) in [6.45, 7) is 54.2. The molecule has 0 saturated heterocycles. The van der Waals surface area contributed by atoms with E-state index in [9.17, 15) is 0 Å². The van der Waals surface area contributed by atoms with Gasteiger partial charge in [-0.2, -0.15) is 0 Å². The second-order valence-electron chi connectivity index (χ2n) is 27.4. The fraction of sp³-hybridized carbons (Fsp3) is 0.625. The zero-order chi connectivity index (χ0) is 48.6. The van der Waals surface area contributed by atoms with Crippen LogP contribution < -0.4 is 0 Å². The Labute approximate surface area is 405 Å². The van der Waals surface area contributed by atoms with Crippen molar-refractivity contribution in [2.45, 2.75) is 271 Å². The molecule has 65 heavy (non-hydrogen) atoms. The number of rotatable bonds is 6. The van der Waals surface area contributed by atoms with Crippen molar-refractivity contribution in [1.29, 1.82) is 0 Å². The average Bonchev–Trinajstić information content (AvgIpc) is 3.17. The Balaban J connectivity index is 1.94. The van der Waals surface area contributed by atoms with Crippen LogP contribution in [0.4, 0.5) is 0 Å². The van der Waals surface area contributed by atoms with Crippen LogP contribution in [-0.4, -0.2) is 0 Å². The molecule has 2 aliphatic carbocycles. The summed E-state index contributed by atoms with van der Waals surface area (Å²) in [6, 6.07) is 15.7. The second kappa shape index (κ2) is 18.3. The molecule has 356 valence electrons. The number of hydrogen-bond acceptors (Lipinski definition) is 1. The van der Waals surface area contributed by atoms with Crippen molar-refractivity contribution in [2.75, 3.05) is 0 Å². The van der Waals surface area contributed by atoms with Gasteiger partial charge in [-0.15, -0.1) is 0 Å². The number of aryl methyl sites for hydroxylation is 2. The van der Waals surface area contributed by atoms with Gasteiger partial charge in [-0.3, -0.25) is 0 Å². The van der Waals surface area contributed by atoms with Gasteiger partial charge >= 0.3 is 0 Å². The van der Waals surface area contributed by atoms with Crippen LogP contribution in [0.25, 0.3) is 22.3 Å². The molecule has 0 unspecified atom stereocenters. The van der Waals surface area contributed by atoms with Crippen LogP contribution in [0.5, 0.6) is 0 Å². The molecule has 1 heteroatoms. The third kappa shape index (κ3) is 10.8. The molecule has 0 N–H and O–H groups in total. The van der Waals surface area contributed by atoms with E-state index in [0.29, 0.717) is 11.8 Å². The van der Waals surface area contributed by atoms with Gasteiger partial charge in [-0.1, -0.05) is 222 Å². The van der Waals surface area contributed by atoms with Crippen molar-refractivity contribution < 1.29 is 0 Å². The first-order valence-corrected chi connectivity index (χ1v) is 26.9. The van der Waals surface area contributed by atoms with Gasteiger partial charge in [-0.25, -0.2) is 0 Å². The van der Waals surface area contributed by atoms with Gasteiger partial charge in [0.25, 0.3) is 0 Å². The second-order valence-corrected chi connectivity index (χ2v) is 28.4. The van der Waals surface area contributed by atoms with Crippen LogP contribution in [0.2, 0.25) is 0 Å². The van der Waals surface area contributed by atoms with E-state index >= 15 is 0 Å². The molecule has 2 fully saturated rings. The van der Waals surface area contributed by atoms with Crippen LogP contribution in [0.3, 0.4) is 0 Å². The lowest BCUT2D eigenvalue weighted by Crippen LogP contribution is -2.23. The maximum Gasteiger partial charge on any atom is 0.0236 e. The molecule has 0 amide bonds. The highest BCUT2D eigenvalue weighted by Crippen LogP contribution is 2.57. The molecule has 2 saturated carbocycles. The molecular formula is C64H94S. The van der Waals surface area contributed by atoms with Gasteiger partial charge < -0.3 is 0 Å². The fourth-order valence-corrected chi connectivity index (χ4v) is 13.1. The largest absolute Gasteiger partial charge is 0.0882 e. The Morgan fingerprint density at radius 1 is 0.323 bits per heavy atom. The van der Waals surface area contributed by atoms with Crippen molar-refractivity contribution >= 4 is 11.8 Å². The number of hydrogen-bond donors (Lipinski definition) is 0. The van der Waals surface area contributed by atoms with Crippen molar-refractivity contribution in [2.24, 2.45) is 0 Å². The minimum absolute atomic E-state index is 0.0547. The molecule has 0 heterocycles. The molecule has 0 spiro atoms. The lowest BCUT2D eigenvalue weighted by Gasteiger charge is -2.38. The van der Waals surface area contributed by atoms with E-state index in [4.69, 9.17) is 0 Å². The van der Waals surface area contributed by atoms with E-state index < -0.39 is 0 Å². The van der Waals surface area contributed by atoms with Crippen LogP contribution in [0, 0.1) is 27.7 Å². The van der Waals surface area contributed by atoms with E-state index in [-0.39, 0.29) is 32.5 Å². The van der Waals surface area contributed by atoms with E-state index in [1.807, 2.05) is 0 Å². The van der Waals surface area contributed by atoms with E-state index in [1.54, 1.807) is 11.1 Å². The van der Waals surface area contributed by atoms with Gasteiger partial charge in [-0.05, 0) is 164 Å². The standard InChI is InChI=1S/C64H94S/c1-39-33-47(59(5,6)7)53(48(34-39)60(8,9)10)55-51(63(17,18)19)37-45(43-29-25-23-26-30-43)41(3)57(55)65-58-42(4)46(44-31-27-24-28-32-44)38-52(64(20,21)22)56(58)54-49(61(11,12)13)35-40(2)36-50(54)62(14,15)16/h33-38,43-44H,23-32H2,1-22H3. The maximum absolute atomic E-state index is 2.74. The Bertz CT molecular complexity index is 2140. The topological polar surface area (TPSA) is 0 Å². The smallest absolute Gasteiger partial charge is 0.0236 e. The van der Waals surface area contributed by atoms with Crippen LogP contribution in [-0.2, 0) is 32.5 Å². The summed E-state index contributed by atoms with van der Waals surface area (Å²) in [7, 11) is 0. The Kier molecular flexibility index (Phi) is 14.5. The third-order valence-electron chi connectivity index (χ3n) is 15.3. The van der Waals surface area contributed by atoms with E-state index in [1.165, 1.54) is 152 Å². The lowest BCUT2D eigenvalue weighted by atomic mass is 9.69. The maximum atomic E-state index is 2.74. The predicted molar refractivity (Wildman–Crippen MR) is 291 cm³/mol. The first-order valence-electron chi connectivity index (χ1n) is 26.1. The summed E-state index contributed by atoms with van der Waals surface area (Å²) in [5.41, 5.74) is 23.5. The van der Waals surface area contributed by atoms with Crippen LogP contribution in [0.15, 0.2) is 46.2 Å². The monoisotopic (exact) mass is 895 g/mol. The van der Waals surface area contributed by atoms with Crippen molar-refractivity contribution in [3.63, 3.8) is 0 Å². The van der Waals surface area contributed by atoms with E-state index in [2.05, 4.69) is 200 Å². The summed E-state index contributed by atoms with van der Waals surface area (Å²) in [4.78, 5) is 3.01. The normalized spacial score (nSPS) is 16.7. The molecular weight excluding hydrogens is 801 g/mol. The molecule has 4 aromatic rings. The molecule has 0 bridgehead atoms. The predicted octanol–water partition coefficient (Wildman–Crippen LogP) is 20.3. The first kappa shape index (κ1) is 51.6. The van der Waals surface area contributed by atoms with Gasteiger partial charge in [0, 0.05) is 20.9 Å². The quantitative estimate of drug-likeness (QED) is 0.186. The summed E-state index contributed by atoms with van der Waals surface area (Å²) in [6.07, 6.45) is 13.2. The van der Waals surface area contributed by atoms with Crippen molar-refractivity contribution in [1.82, 2.24) is 0 Å². The van der Waals surface area contributed by atoms with Crippen molar-refractivity contribution in [3.8, 4) is 22.3 Å². The van der Waals surface area contributed by atoms with Gasteiger partial charge in [0.05, 0.1) is 0 Å². The summed E-state index contributed by atoms with van der Waals surface area (Å²) in [5, 5.41) is 0. The molecule has 0 aromatic heterocycles. The Morgan fingerprint density at radius 3 is 0.785 bits per heavy atom. The fourth-order valence-electron chi connectivity index (χ4n) is 11.7. The molecule has 0 radical (unpaired) electrons. The van der Waals surface area contributed by atoms with Gasteiger partial charge in [0.15, 0.2) is 0 Å². The molecule has 0 nitrogen and oxygen atoms in total. The Morgan fingerprint density at radius 2 is 0.554 bits per heavy atom. The third-order valence-corrected chi connectivity index (χ3v) is 16.8. The molecule has 0 aliphatic heterocycles. The van der Waals surface area contributed by atoms with Crippen LogP contribution >= 0.6 is 11.8 Å². The number of benzene rings is 4. The van der Waals surface area contributed by atoms with Crippen molar-refractivity contribution in [3.05, 3.63) is 103 Å². The molecule has 6 rings (SSSR count).